The molecule has 242 valence electrons. The third-order valence-electron chi connectivity index (χ3n) is 10.7. The van der Waals surface area contributed by atoms with Crippen LogP contribution in [0.4, 0.5) is 11.4 Å². The fraction of sp³-hybridized carbons (Fsp3) is 0.263. The number of rotatable bonds is 5. The second-order valence-electron chi connectivity index (χ2n) is 13.0. The normalized spacial score (nSPS) is 28.0. The average Bonchev–Trinajstić information content (AvgIpc) is 3.73. The first-order valence-corrected chi connectivity index (χ1v) is 16.6. The van der Waals surface area contributed by atoms with Crippen molar-refractivity contribution < 1.29 is 28.7 Å². The number of hydrogen-bond acceptors (Lipinski definition) is 6. The van der Waals surface area contributed by atoms with Crippen molar-refractivity contribution in [3.05, 3.63) is 129 Å². The second-order valence-corrected chi connectivity index (χ2v) is 13.8. The molecule has 3 aromatic carbocycles. The van der Waals surface area contributed by atoms with Gasteiger partial charge in [0.1, 0.15) is 23.5 Å². The lowest BCUT2D eigenvalue weighted by atomic mass is 9.50. The number of hydrogen-bond donors (Lipinski definition) is 1. The average molecular weight is 682 g/mol. The molecular weight excluding hydrogens is 651 g/mol. The predicted octanol–water partition coefficient (Wildman–Crippen LogP) is 6.75. The Morgan fingerprint density at radius 3 is 2.31 bits per heavy atom. The molecule has 4 aliphatic rings. The number of carbonyl (C=O) groups is 4. The fourth-order valence-electron chi connectivity index (χ4n) is 8.66. The van der Waals surface area contributed by atoms with Gasteiger partial charge in [-0.15, -0.1) is 0 Å². The number of anilines is 2. The molecule has 2 saturated heterocycles. The molecule has 10 heteroatoms. The number of aryl methyl sites for hydroxylation is 1. The smallest absolute Gasteiger partial charge is 0.246 e. The number of aliphatic hydroxyl groups excluding tert-OH is 1. The van der Waals surface area contributed by atoms with E-state index in [0.29, 0.717) is 38.5 Å². The van der Waals surface area contributed by atoms with E-state index in [9.17, 15) is 19.5 Å². The van der Waals surface area contributed by atoms with E-state index in [1.807, 2.05) is 43.3 Å². The van der Waals surface area contributed by atoms with Crippen molar-refractivity contribution in [2.24, 2.45) is 23.7 Å². The molecular formula is C38H30Cl2N2O6. The van der Waals surface area contributed by atoms with Gasteiger partial charge in [-0.25, -0.2) is 9.80 Å². The van der Waals surface area contributed by atoms with Gasteiger partial charge in [0.05, 0.1) is 35.0 Å². The van der Waals surface area contributed by atoms with Crippen molar-refractivity contribution in [3.8, 4) is 0 Å². The maximum atomic E-state index is 15.2. The van der Waals surface area contributed by atoms with Gasteiger partial charge < -0.3 is 9.52 Å². The van der Waals surface area contributed by atoms with Crippen LogP contribution in [0.25, 0.3) is 0 Å². The number of nitrogens with zero attached hydrogens (tertiary/aromatic N) is 2. The Balaban J connectivity index is 1.33. The highest BCUT2D eigenvalue weighted by molar-refractivity contribution is 6.33. The highest BCUT2D eigenvalue weighted by Crippen LogP contribution is 2.64. The summed E-state index contributed by atoms with van der Waals surface area (Å²) in [5.41, 5.74) is 1.53. The summed E-state index contributed by atoms with van der Waals surface area (Å²) in [5.74, 6) is -4.47. The number of carbonyl (C=O) groups excluding carboxylic acids is 4. The first kappa shape index (κ1) is 30.8. The van der Waals surface area contributed by atoms with Crippen LogP contribution in [0.3, 0.4) is 0 Å². The van der Waals surface area contributed by atoms with E-state index >= 15 is 4.79 Å². The van der Waals surface area contributed by atoms with E-state index < -0.39 is 46.8 Å². The molecule has 1 N–H and O–H groups in total. The maximum Gasteiger partial charge on any atom is 0.246 e. The van der Waals surface area contributed by atoms with Gasteiger partial charge in [-0.2, -0.15) is 0 Å². The summed E-state index contributed by atoms with van der Waals surface area (Å²) in [4.78, 5) is 60.7. The van der Waals surface area contributed by atoms with Crippen LogP contribution in [0.1, 0.15) is 41.4 Å². The lowest BCUT2D eigenvalue weighted by Crippen LogP contribution is -2.53. The number of amides is 4. The molecule has 6 atom stereocenters. The number of halogens is 2. The topological polar surface area (TPSA) is 108 Å². The zero-order valence-corrected chi connectivity index (χ0v) is 27.3. The van der Waals surface area contributed by atoms with Crippen LogP contribution in [0, 0.1) is 30.6 Å². The van der Waals surface area contributed by atoms with Crippen LogP contribution in [0.15, 0.2) is 101 Å². The molecule has 1 aromatic heterocycles. The van der Waals surface area contributed by atoms with E-state index in [1.54, 1.807) is 54.6 Å². The predicted molar refractivity (Wildman–Crippen MR) is 179 cm³/mol. The third-order valence-corrected chi connectivity index (χ3v) is 11.3. The molecule has 1 saturated carbocycles. The molecule has 8 rings (SSSR count). The van der Waals surface area contributed by atoms with Gasteiger partial charge in [-0.05, 0) is 79.3 Å². The number of furan rings is 1. The van der Waals surface area contributed by atoms with Crippen LogP contribution in [-0.4, -0.2) is 28.7 Å². The number of imide groups is 2. The monoisotopic (exact) mass is 680 g/mol. The minimum Gasteiger partial charge on any atom is -0.463 e. The van der Waals surface area contributed by atoms with Gasteiger partial charge in [-0.1, -0.05) is 77.3 Å². The molecule has 6 unspecified atom stereocenters. The highest BCUT2D eigenvalue weighted by atomic mass is 35.5. The largest absolute Gasteiger partial charge is 0.463 e. The zero-order chi connectivity index (χ0) is 33.5. The first-order chi connectivity index (χ1) is 23.2. The molecule has 0 bridgehead atoms. The van der Waals surface area contributed by atoms with E-state index in [0.717, 1.165) is 11.1 Å². The Morgan fingerprint density at radius 2 is 1.60 bits per heavy atom. The number of benzene rings is 3. The van der Waals surface area contributed by atoms with Crippen LogP contribution in [0.5, 0.6) is 0 Å². The molecule has 3 heterocycles. The van der Waals surface area contributed by atoms with Crippen molar-refractivity contribution in [3.63, 3.8) is 0 Å². The standard InChI is InChI=1S/C38H30Cl2N2O6/c1-20-10-11-24(17-30(20)40)41-34(44)27-14-13-26-28(32(27)36(41)46)18-29-35(45)42(23-9-5-8-22(39)16-23)37(47)38(29,21-6-3-2-4-7-21)33(26)31-15-12-25(19-43)48-31/h2-13,15-17,27-29,32-33,43H,14,18-19H2,1H3. The summed E-state index contributed by atoms with van der Waals surface area (Å²) in [5, 5.41) is 10.8. The van der Waals surface area contributed by atoms with E-state index in [-0.39, 0.29) is 31.3 Å². The number of fused-ring (bicyclic) bond motifs is 4. The number of allylic oxidation sites excluding steroid dienone is 2. The summed E-state index contributed by atoms with van der Waals surface area (Å²) in [6, 6.07) is 24.3. The van der Waals surface area contributed by atoms with Gasteiger partial charge in [0.2, 0.25) is 23.6 Å². The second kappa shape index (κ2) is 11.3. The lowest BCUT2D eigenvalue weighted by molar-refractivity contribution is -0.127. The number of aliphatic hydroxyl groups is 1. The van der Waals surface area contributed by atoms with Crippen LogP contribution in [0.2, 0.25) is 10.0 Å². The molecule has 2 aliphatic carbocycles. The summed E-state index contributed by atoms with van der Waals surface area (Å²) in [6.07, 6.45) is 2.40. The minimum absolute atomic E-state index is 0.162. The molecule has 3 fully saturated rings. The van der Waals surface area contributed by atoms with E-state index in [2.05, 4.69) is 0 Å². The minimum atomic E-state index is -1.45. The Labute approximate surface area is 286 Å². The first-order valence-electron chi connectivity index (χ1n) is 15.9. The summed E-state index contributed by atoms with van der Waals surface area (Å²) >= 11 is 12.8. The van der Waals surface area contributed by atoms with Gasteiger partial charge in [0.25, 0.3) is 0 Å². The molecule has 2 aliphatic heterocycles. The third kappa shape index (κ3) is 4.25. The summed E-state index contributed by atoms with van der Waals surface area (Å²) < 4.78 is 6.22. The van der Waals surface area contributed by atoms with Crippen LogP contribution < -0.4 is 9.80 Å². The Hall–Kier alpha value is -4.50. The van der Waals surface area contributed by atoms with Crippen LogP contribution >= 0.6 is 23.2 Å². The Bertz CT molecular complexity index is 2060. The van der Waals surface area contributed by atoms with Crippen molar-refractivity contribution in [1.29, 1.82) is 0 Å². The Kier molecular flexibility index (Phi) is 7.25. The van der Waals surface area contributed by atoms with E-state index in [4.69, 9.17) is 27.6 Å². The highest BCUT2D eigenvalue weighted by Gasteiger charge is 2.71. The van der Waals surface area contributed by atoms with Gasteiger partial charge in [0.15, 0.2) is 0 Å². The molecule has 0 spiro atoms. The Morgan fingerprint density at radius 1 is 0.833 bits per heavy atom. The maximum absolute atomic E-state index is 15.2. The van der Waals surface area contributed by atoms with Crippen molar-refractivity contribution in [1.82, 2.24) is 0 Å². The summed E-state index contributed by atoms with van der Waals surface area (Å²) in [7, 11) is 0. The van der Waals surface area contributed by atoms with Gasteiger partial charge in [-0.3, -0.25) is 19.2 Å². The SMILES string of the molecule is Cc1ccc(N2C(=O)C3CC=C4C(CC5C(=O)N(c6cccc(Cl)c6)C(=O)C5(c5ccccc5)C4c4ccc(CO)o4)C3C2=O)cc1Cl. The van der Waals surface area contributed by atoms with Crippen molar-refractivity contribution in [2.45, 2.75) is 37.7 Å². The lowest BCUT2D eigenvalue weighted by Gasteiger charge is -2.49. The van der Waals surface area contributed by atoms with Crippen molar-refractivity contribution in [2.75, 3.05) is 9.80 Å². The molecule has 48 heavy (non-hydrogen) atoms. The van der Waals surface area contributed by atoms with E-state index in [1.165, 1.54) is 9.80 Å². The molecule has 8 nitrogen and oxygen atoms in total. The molecule has 4 aromatic rings. The van der Waals surface area contributed by atoms with Gasteiger partial charge in [0, 0.05) is 10.0 Å². The zero-order valence-electron chi connectivity index (χ0n) is 25.8. The molecule has 0 radical (unpaired) electrons. The quantitative estimate of drug-likeness (QED) is 0.184. The molecule has 4 amide bonds. The summed E-state index contributed by atoms with van der Waals surface area (Å²) in [6.45, 7) is 1.49. The van der Waals surface area contributed by atoms with Gasteiger partial charge >= 0.3 is 0 Å². The van der Waals surface area contributed by atoms with Crippen molar-refractivity contribution >= 4 is 58.2 Å². The van der Waals surface area contributed by atoms with Crippen LogP contribution in [-0.2, 0) is 31.2 Å². The fourth-order valence-corrected chi connectivity index (χ4v) is 9.02.